The summed E-state index contributed by atoms with van der Waals surface area (Å²) in [4.78, 5) is 14.6. The molecule has 0 radical (unpaired) electrons. The lowest BCUT2D eigenvalue weighted by Crippen LogP contribution is -2.45. The van der Waals surface area contributed by atoms with Crippen LogP contribution in [0.5, 0.6) is 0 Å². The highest BCUT2D eigenvalue weighted by Gasteiger charge is 2.27. The predicted molar refractivity (Wildman–Crippen MR) is 85.3 cm³/mol. The van der Waals surface area contributed by atoms with Gasteiger partial charge < -0.3 is 10.0 Å². The van der Waals surface area contributed by atoms with E-state index < -0.39 is 0 Å². The lowest BCUT2D eigenvalue weighted by atomic mass is 9.96. The standard InChI is InChI=1S/C18H27NO2/c1-13-7-8-16(10-14(13)2)12-18(21)19-9-5-4-6-17(19)11-15(3)20/h7-8,10,15,17,20H,4-6,9,11-12H2,1-3H3. The summed E-state index contributed by atoms with van der Waals surface area (Å²) in [6, 6.07) is 6.45. The smallest absolute Gasteiger partial charge is 0.227 e. The fourth-order valence-electron chi connectivity index (χ4n) is 3.16. The number of amides is 1. The van der Waals surface area contributed by atoms with Gasteiger partial charge in [0.25, 0.3) is 0 Å². The minimum absolute atomic E-state index is 0.198. The van der Waals surface area contributed by atoms with E-state index in [1.807, 2.05) is 11.0 Å². The molecule has 0 aliphatic carbocycles. The molecule has 1 aliphatic heterocycles. The molecular formula is C18H27NO2. The van der Waals surface area contributed by atoms with Crippen molar-refractivity contribution in [1.82, 2.24) is 4.90 Å². The summed E-state index contributed by atoms with van der Waals surface area (Å²) in [6.45, 7) is 6.81. The summed E-state index contributed by atoms with van der Waals surface area (Å²) in [6.07, 6.45) is 4.07. The van der Waals surface area contributed by atoms with Crippen molar-refractivity contribution in [2.24, 2.45) is 0 Å². The number of nitrogens with zero attached hydrogens (tertiary/aromatic N) is 1. The Morgan fingerprint density at radius 1 is 1.33 bits per heavy atom. The molecule has 0 spiro atoms. The van der Waals surface area contributed by atoms with Gasteiger partial charge in [-0.05, 0) is 63.1 Å². The highest BCUT2D eigenvalue weighted by Crippen LogP contribution is 2.22. The Balaban J connectivity index is 2.04. The SMILES string of the molecule is Cc1ccc(CC(=O)N2CCCCC2CC(C)O)cc1C. The fourth-order valence-corrected chi connectivity index (χ4v) is 3.16. The van der Waals surface area contributed by atoms with Crippen molar-refractivity contribution in [1.29, 1.82) is 0 Å². The molecule has 2 rings (SSSR count). The van der Waals surface area contributed by atoms with Crippen LogP contribution in [-0.2, 0) is 11.2 Å². The maximum atomic E-state index is 12.6. The fraction of sp³-hybridized carbons (Fsp3) is 0.611. The third-order valence-electron chi connectivity index (χ3n) is 4.49. The molecule has 21 heavy (non-hydrogen) atoms. The topological polar surface area (TPSA) is 40.5 Å². The van der Waals surface area contributed by atoms with Gasteiger partial charge in [0.05, 0.1) is 12.5 Å². The molecule has 0 saturated carbocycles. The average molecular weight is 289 g/mol. The van der Waals surface area contributed by atoms with Crippen molar-refractivity contribution in [3.8, 4) is 0 Å². The molecule has 1 aromatic rings. The van der Waals surface area contributed by atoms with Gasteiger partial charge in [0.1, 0.15) is 0 Å². The molecule has 1 aliphatic rings. The van der Waals surface area contributed by atoms with Gasteiger partial charge in [0, 0.05) is 12.6 Å². The first-order valence-corrected chi connectivity index (χ1v) is 8.01. The van der Waals surface area contributed by atoms with E-state index in [0.29, 0.717) is 12.8 Å². The number of aliphatic hydroxyl groups excluding tert-OH is 1. The average Bonchev–Trinajstić information content (AvgIpc) is 2.43. The number of likely N-dealkylation sites (tertiary alicyclic amines) is 1. The van der Waals surface area contributed by atoms with Gasteiger partial charge in [0.15, 0.2) is 0 Å². The van der Waals surface area contributed by atoms with Gasteiger partial charge >= 0.3 is 0 Å². The Labute approximate surface area is 128 Å². The van der Waals surface area contributed by atoms with E-state index in [0.717, 1.165) is 31.4 Å². The number of carbonyl (C=O) groups excluding carboxylic acids is 1. The van der Waals surface area contributed by atoms with Crippen LogP contribution in [0.4, 0.5) is 0 Å². The molecule has 0 bridgehead atoms. The van der Waals surface area contributed by atoms with E-state index in [1.54, 1.807) is 6.92 Å². The molecule has 2 atom stereocenters. The maximum absolute atomic E-state index is 12.6. The zero-order chi connectivity index (χ0) is 15.4. The molecule has 1 amide bonds. The van der Waals surface area contributed by atoms with E-state index in [2.05, 4.69) is 26.0 Å². The Hall–Kier alpha value is -1.35. The lowest BCUT2D eigenvalue weighted by molar-refractivity contribution is -0.134. The molecule has 3 nitrogen and oxygen atoms in total. The molecule has 1 aromatic carbocycles. The zero-order valence-electron chi connectivity index (χ0n) is 13.4. The number of carbonyl (C=O) groups is 1. The monoisotopic (exact) mass is 289 g/mol. The third kappa shape index (κ3) is 4.31. The summed E-state index contributed by atoms with van der Waals surface area (Å²) >= 11 is 0. The van der Waals surface area contributed by atoms with Crippen LogP contribution in [0.3, 0.4) is 0 Å². The van der Waals surface area contributed by atoms with Crippen LogP contribution in [0.1, 0.15) is 49.3 Å². The van der Waals surface area contributed by atoms with E-state index in [4.69, 9.17) is 0 Å². The first kappa shape index (κ1) is 16.0. The number of hydrogen-bond donors (Lipinski definition) is 1. The molecule has 1 saturated heterocycles. The zero-order valence-corrected chi connectivity index (χ0v) is 13.4. The van der Waals surface area contributed by atoms with E-state index in [-0.39, 0.29) is 18.1 Å². The summed E-state index contributed by atoms with van der Waals surface area (Å²) in [5.74, 6) is 0.198. The van der Waals surface area contributed by atoms with Crippen LogP contribution in [-0.4, -0.2) is 34.6 Å². The van der Waals surface area contributed by atoms with Gasteiger partial charge in [-0.3, -0.25) is 4.79 Å². The van der Waals surface area contributed by atoms with Crippen LogP contribution in [0.15, 0.2) is 18.2 Å². The van der Waals surface area contributed by atoms with Crippen molar-refractivity contribution in [2.45, 2.75) is 65.0 Å². The largest absolute Gasteiger partial charge is 0.393 e. The molecule has 3 heteroatoms. The summed E-state index contributed by atoms with van der Waals surface area (Å²) in [7, 11) is 0. The second-order valence-electron chi connectivity index (χ2n) is 6.42. The van der Waals surface area contributed by atoms with Gasteiger partial charge in [-0.2, -0.15) is 0 Å². The quantitative estimate of drug-likeness (QED) is 0.925. The Morgan fingerprint density at radius 2 is 2.10 bits per heavy atom. The number of aliphatic hydroxyl groups is 1. The molecule has 1 heterocycles. The van der Waals surface area contributed by atoms with E-state index in [1.165, 1.54) is 11.1 Å². The molecular weight excluding hydrogens is 262 g/mol. The number of aryl methyl sites for hydroxylation is 2. The van der Waals surface area contributed by atoms with E-state index >= 15 is 0 Å². The predicted octanol–water partition coefficient (Wildman–Crippen LogP) is 3.00. The van der Waals surface area contributed by atoms with Crippen molar-refractivity contribution in [3.63, 3.8) is 0 Å². The highest BCUT2D eigenvalue weighted by molar-refractivity contribution is 5.79. The number of hydrogen-bond acceptors (Lipinski definition) is 2. The first-order valence-electron chi connectivity index (χ1n) is 8.01. The van der Waals surface area contributed by atoms with Gasteiger partial charge in [-0.25, -0.2) is 0 Å². The Morgan fingerprint density at radius 3 is 2.76 bits per heavy atom. The highest BCUT2D eigenvalue weighted by atomic mass is 16.3. The van der Waals surface area contributed by atoms with Gasteiger partial charge in [-0.15, -0.1) is 0 Å². The second-order valence-corrected chi connectivity index (χ2v) is 6.42. The summed E-state index contributed by atoms with van der Waals surface area (Å²) in [5, 5.41) is 9.62. The van der Waals surface area contributed by atoms with Gasteiger partial charge in [0.2, 0.25) is 5.91 Å². The lowest BCUT2D eigenvalue weighted by Gasteiger charge is -2.36. The first-order chi connectivity index (χ1) is 9.97. The van der Waals surface area contributed by atoms with Crippen molar-refractivity contribution < 1.29 is 9.90 Å². The maximum Gasteiger partial charge on any atom is 0.227 e. The van der Waals surface area contributed by atoms with Crippen molar-refractivity contribution >= 4 is 5.91 Å². The molecule has 1 N–H and O–H groups in total. The van der Waals surface area contributed by atoms with Crippen LogP contribution in [0, 0.1) is 13.8 Å². The van der Waals surface area contributed by atoms with Crippen LogP contribution in [0.25, 0.3) is 0 Å². The molecule has 1 fully saturated rings. The Bertz CT molecular complexity index is 496. The molecule has 0 aromatic heterocycles. The minimum Gasteiger partial charge on any atom is -0.393 e. The van der Waals surface area contributed by atoms with Crippen LogP contribution >= 0.6 is 0 Å². The van der Waals surface area contributed by atoms with Crippen LogP contribution in [0.2, 0.25) is 0 Å². The number of benzene rings is 1. The van der Waals surface area contributed by atoms with Crippen molar-refractivity contribution in [3.05, 3.63) is 34.9 Å². The summed E-state index contributed by atoms with van der Waals surface area (Å²) < 4.78 is 0. The minimum atomic E-state index is -0.343. The third-order valence-corrected chi connectivity index (χ3v) is 4.49. The summed E-state index contributed by atoms with van der Waals surface area (Å²) in [5.41, 5.74) is 3.58. The van der Waals surface area contributed by atoms with Crippen LogP contribution < -0.4 is 0 Å². The van der Waals surface area contributed by atoms with Crippen molar-refractivity contribution in [2.75, 3.05) is 6.54 Å². The molecule has 116 valence electrons. The number of rotatable bonds is 4. The molecule has 2 unspecified atom stereocenters. The number of piperidine rings is 1. The Kier molecular flexibility index (Phi) is 5.40. The second kappa shape index (κ2) is 7.08. The van der Waals surface area contributed by atoms with E-state index in [9.17, 15) is 9.90 Å². The normalized spacial score (nSPS) is 20.4. The van der Waals surface area contributed by atoms with Gasteiger partial charge in [-0.1, -0.05) is 18.2 Å².